The Morgan fingerprint density at radius 2 is 2.00 bits per heavy atom. The topological polar surface area (TPSA) is 106 Å². The van der Waals surface area contributed by atoms with Crippen molar-refractivity contribution in [1.29, 1.82) is 0 Å². The number of benzene rings is 2. The maximum atomic E-state index is 15.0. The first kappa shape index (κ1) is 24.8. The molecule has 2 aromatic carbocycles. The molecule has 1 aromatic heterocycles. The van der Waals surface area contributed by atoms with Crippen LogP contribution in [-0.2, 0) is 14.3 Å². The molecule has 0 radical (unpaired) electrons. The van der Waals surface area contributed by atoms with Gasteiger partial charge in [0, 0.05) is 11.1 Å². The highest BCUT2D eigenvalue weighted by molar-refractivity contribution is 7.17. The summed E-state index contributed by atoms with van der Waals surface area (Å²) in [6.45, 7) is 5.02. The molecule has 1 atom stereocenters. The molecule has 184 valence electrons. The number of ketones is 1. The Balaban J connectivity index is 1.91. The quantitative estimate of drug-likeness (QED) is 0.164. The van der Waals surface area contributed by atoms with Crippen LogP contribution in [0.15, 0.2) is 66.8 Å². The molecule has 2 heterocycles. The Morgan fingerprint density at radius 1 is 1.25 bits per heavy atom. The average Bonchev–Trinajstić information content (AvgIpc) is 3.39. The van der Waals surface area contributed by atoms with Crippen LogP contribution in [0, 0.1) is 12.7 Å². The molecule has 4 rings (SSSR count). The number of aryl methyl sites for hydroxylation is 1. The highest BCUT2D eigenvalue weighted by atomic mass is 32.1. The van der Waals surface area contributed by atoms with E-state index in [4.69, 9.17) is 9.47 Å². The van der Waals surface area contributed by atoms with E-state index >= 15 is 4.39 Å². The number of rotatable bonds is 7. The van der Waals surface area contributed by atoms with Gasteiger partial charge in [-0.05, 0) is 25.1 Å². The fraction of sp³-hybridized carbons (Fsp3) is 0.154. The monoisotopic (exact) mass is 508 g/mol. The van der Waals surface area contributed by atoms with E-state index in [1.165, 1.54) is 43.5 Å². The number of anilines is 1. The molecule has 1 amide bonds. The van der Waals surface area contributed by atoms with Crippen LogP contribution < -0.4 is 9.64 Å². The van der Waals surface area contributed by atoms with Gasteiger partial charge in [-0.1, -0.05) is 54.3 Å². The van der Waals surface area contributed by atoms with Gasteiger partial charge in [0.1, 0.15) is 34.9 Å². The molecule has 0 saturated carbocycles. The first-order valence-corrected chi connectivity index (χ1v) is 11.6. The summed E-state index contributed by atoms with van der Waals surface area (Å²) in [5, 5.41) is 11.1. The van der Waals surface area contributed by atoms with Crippen LogP contribution in [0.1, 0.15) is 32.5 Å². The van der Waals surface area contributed by atoms with Gasteiger partial charge in [0.05, 0.1) is 18.4 Å². The van der Waals surface area contributed by atoms with Crippen molar-refractivity contribution in [2.75, 3.05) is 18.6 Å². The Kier molecular flexibility index (Phi) is 6.98. The summed E-state index contributed by atoms with van der Waals surface area (Å²) < 4.78 is 25.3. The SMILES string of the molecule is C=CCOC(=O)c1sc(N2C(=O)C(=O)/C(=C(/O)c3cccc(OC)c3)C2c2ccccc2F)nc1C. The molecular weight excluding hydrogens is 487 g/mol. The van der Waals surface area contributed by atoms with Crippen molar-refractivity contribution in [1.82, 2.24) is 4.98 Å². The Labute approximate surface area is 209 Å². The summed E-state index contributed by atoms with van der Waals surface area (Å²) >= 11 is 0.827. The van der Waals surface area contributed by atoms with Gasteiger partial charge in [-0.15, -0.1) is 0 Å². The summed E-state index contributed by atoms with van der Waals surface area (Å²) in [7, 11) is 1.44. The fourth-order valence-corrected chi connectivity index (χ4v) is 4.81. The second-order valence-corrected chi connectivity index (χ2v) is 8.70. The number of aromatic nitrogens is 1. The number of esters is 1. The van der Waals surface area contributed by atoms with Gasteiger partial charge >= 0.3 is 11.9 Å². The predicted molar refractivity (Wildman–Crippen MR) is 132 cm³/mol. The summed E-state index contributed by atoms with van der Waals surface area (Å²) in [5.74, 6) is -3.49. The van der Waals surface area contributed by atoms with Gasteiger partial charge in [0.15, 0.2) is 5.13 Å². The van der Waals surface area contributed by atoms with Crippen molar-refractivity contribution in [3.63, 3.8) is 0 Å². The minimum Gasteiger partial charge on any atom is -0.507 e. The standard InChI is InChI=1S/C26H21FN2O6S/c1-4-12-35-25(33)23-14(2)28-26(36-23)29-20(17-10-5-6-11-18(17)27)19(22(31)24(29)32)21(30)15-8-7-9-16(13-15)34-3/h4-11,13,20,30H,1,12H2,2-3H3/b21-19+. The maximum Gasteiger partial charge on any atom is 0.350 e. The van der Waals surface area contributed by atoms with Crippen molar-refractivity contribution in [2.24, 2.45) is 0 Å². The molecule has 0 aliphatic carbocycles. The van der Waals surface area contributed by atoms with Crippen LogP contribution in [0.4, 0.5) is 9.52 Å². The normalized spacial score (nSPS) is 16.8. The van der Waals surface area contributed by atoms with Gasteiger partial charge < -0.3 is 14.6 Å². The number of amides is 1. The number of hydrogen-bond acceptors (Lipinski definition) is 8. The molecule has 36 heavy (non-hydrogen) atoms. The third-order valence-electron chi connectivity index (χ3n) is 5.50. The second kappa shape index (κ2) is 10.1. The first-order chi connectivity index (χ1) is 17.3. The van der Waals surface area contributed by atoms with E-state index in [2.05, 4.69) is 11.6 Å². The minimum atomic E-state index is -1.33. The summed E-state index contributed by atoms with van der Waals surface area (Å²) in [6, 6.07) is 10.6. The lowest BCUT2D eigenvalue weighted by molar-refractivity contribution is -0.132. The maximum absolute atomic E-state index is 15.0. The van der Waals surface area contributed by atoms with Crippen molar-refractivity contribution in [2.45, 2.75) is 13.0 Å². The van der Waals surface area contributed by atoms with E-state index in [-0.39, 0.29) is 39.0 Å². The van der Waals surface area contributed by atoms with Crippen LogP contribution >= 0.6 is 11.3 Å². The smallest absolute Gasteiger partial charge is 0.350 e. The molecule has 3 aromatic rings. The van der Waals surface area contributed by atoms with E-state index in [1.54, 1.807) is 25.1 Å². The summed E-state index contributed by atoms with van der Waals surface area (Å²) in [5.41, 5.74) is 0.135. The highest BCUT2D eigenvalue weighted by Gasteiger charge is 2.49. The molecule has 1 unspecified atom stereocenters. The van der Waals surface area contributed by atoms with Crippen LogP contribution in [0.25, 0.3) is 5.76 Å². The minimum absolute atomic E-state index is 0.0156. The van der Waals surface area contributed by atoms with Gasteiger partial charge in [-0.25, -0.2) is 14.2 Å². The molecule has 1 saturated heterocycles. The molecule has 1 aliphatic rings. The lowest BCUT2D eigenvalue weighted by atomic mass is 9.95. The number of Topliss-reactive ketones (excluding diaryl/α,β-unsaturated/α-hetero) is 1. The van der Waals surface area contributed by atoms with Crippen LogP contribution in [0.5, 0.6) is 5.75 Å². The van der Waals surface area contributed by atoms with Crippen molar-refractivity contribution in [3.8, 4) is 5.75 Å². The molecule has 1 aliphatic heterocycles. The highest BCUT2D eigenvalue weighted by Crippen LogP contribution is 2.44. The number of aliphatic hydroxyl groups excluding tert-OH is 1. The molecule has 1 fully saturated rings. The van der Waals surface area contributed by atoms with Crippen LogP contribution in [-0.4, -0.2) is 41.5 Å². The zero-order valence-corrected chi connectivity index (χ0v) is 20.2. The molecule has 10 heteroatoms. The van der Waals surface area contributed by atoms with E-state index in [0.717, 1.165) is 16.2 Å². The van der Waals surface area contributed by atoms with Crippen molar-refractivity contribution >= 4 is 39.9 Å². The predicted octanol–water partition coefficient (Wildman–Crippen LogP) is 4.57. The number of hydrogen-bond donors (Lipinski definition) is 1. The second-order valence-electron chi connectivity index (χ2n) is 7.72. The summed E-state index contributed by atoms with van der Waals surface area (Å²) in [6.07, 6.45) is 1.41. The molecule has 0 spiro atoms. The largest absolute Gasteiger partial charge is 0.507 e. The van der Waals surface area contributed by atoms with Crippen LogP contribution in [0.2, 0.25) is 0 Å². The van der Waals surface area contributed by atoms with E-state index in [1.807, 2.05) is 0 Å². The fourth-order valence-electron chi connectivity index (χ4n) is 3.82. The Morgan fingerprint density at radius 3 is 2.69 bits per heavy atom. The molecule has 1 N–H and O–H groups in total. The number of nitrogens with zero attached hydrogens (tertiary/aromatic N) is 2. The third-order valence-corrected chi connectivity index (χ3v) is 6.63. The van der Waals surface area contributed by atoms with E-state index < -0.39 is 35.3 Å². The molecular formula is C26H21FN2O6S. The number of ether oxygens (including phenoxy) is 2. The van der Waals surface area contributed by atoms with Crippen LogP contribution in [0.3, 0.4) is 0 Å². The van der Waals surface area contributed by atoms with Gasteiger partial charge in [0.2, 0.25) is 0 Å². The lowest BCUT2D eigenvalue weighted by Crippen LogP contribution is -2.29. The molecule has 0 bridgehead atoms. The lowest BCUT2D eigenvalue weighted by Gasteiger charge is -2.23. The van der Waals surface area contributed by atoms with Gasteiger partial charge in [-0.2, -0.15) is 0 Å². The summed E-state index contributed by atoms with van der Waals surface area (Å²) in [4.78, 5) is 44.3. The van der Waals surface area contributed by atoms with Gasteiger partial charge in [0.25, 0.3) is 5.78 Å². The van der Waals surface area contributed by atoms with E-state index in [9.17, 15) is 19.5 Å². The third kappa shape index (κ3) is 4.38. The first-order valence-electron chi connectivity index (χ1n) is 10.7. The van der Waals surface area contributed by atoms with Crippen molar-refractivity contribution < 1.29 is 33.4 Å². The number of halogens is 1. The number of methoxy groups -OCH3 is 1. The average molecular weight is 509 g/mol. The van der Waals surface area contributed by atoms with E-state index in [0.29, 0.717) is 5.75 Å². The zero-order valence-electron chi connectivity index (χ0n) is 19.4. The zero-order chi connectivity index (χ0) is 26.0. The number of carbonyl (C=O) groups is 3. The van der Waals surface area contributed by atoms with Gasteiger partial charge in [-0.3, -0.25) is 14.5 Å². The number of thiazole rings is 1. The Bertz CT molecular complexity index is 1410. The van der Waals surface area contributed by atoms with Crippen molar-refractivity contribution in [3.05, 3.63) is 94.3 Å². The number of carbonyl (C=O) groups excluding carboxylic acids is 3. The Hall–Kier alpha value is -4.31. The molecule has 8 nitrogen and oxygen atoms in total. The number of aliphatic hydroxyl groups is 1.